The first kappa shape index (κ1) is 7.56. The number of rotatable bonds is 1. The van der Waals surface area contributed by atoms with Crippen LogP contribution in [0.4, 0.5) is 0 Å². The van der Waals surface area contributed by atoms with Gasteiger partial charge in [0.15, 0.2) is 0 Å². The monoisotopic (exact) mass is 155 g/mol. The summed E-state index contributed by atoms with van der Waals surface area (Å²) in [5, 5.41) is 3.54. The fraction of sp³-hybridized carbons (Fsp3) is 1.00. The third-order valence-electron chi connectivity index (χ3n) is 3.19. The summed E-state index contributed by atoms with van der Waals surface area (Å²) in [5.41, 5.74) is 0. The standard InChI is InChI=1S/C9H17NO/c1-11-9-4-2-3-8-7(9)5-6-10-8/h7-10H,2-6H2,1H3. The third-order valence-corrected chi connectivity index (χ3v) is 3.19. The SMILES string of the molecule is COC1CCCC2NCCC21. The van der Waals surface area contributed by atoms with Crippen LogP contribution in [0.25, 0.3) is 0 Å². The molecule has 1 aliphatic carbocycles. The molecule has 2 nitrogen and oxygen atoms in total. The summed E-state index contributed by atoms with van der Waals surface area (Å²) in [6, 6.07) is 0.772. The van der Waals surface area contributed by atoms with E-state index in [1.54, 1.807) is 0 Å². The zero-order valence-electron chi connectivity index (χ0n) is 7.18. The van der Waals surface area contributed by atoms with Gasteiger partial charge in [0.1, 0.15) is 0 Å². The summed E-state index contributed by atoms with van der Waals surface area (Å²) in [6.45, 7) is 1.20. The molecule has 3 unspecified atom stereocenters. The zero-order chi connectivity index (χ0) is 7.68. The van der Waals surface area contributed by atoms with E-state index in [1.807, 2.05) is 7.11 Å². The Morgan fingerprint density at radius 1 is 1.27 bits per heavy atom. The molecule has 2 aliphatic rings. The lowest BCUT2D eigenvalue weighted by molar-refractivity contribution is 0.0206. The molecule has 1 saturated carbocycles. The van der Waals surface area contributed by atoms with Gasteiger partial charge >= 0.3 is 0 Å². The summed E-state index contributed by atoms with van der Waals surface area (Å²) >= 11 is 0. The van der Waals surface area contributed by atoms with Gasteiger partial charge in [0.25, 0.3) is 0 Å². The predicted molar refractivity (Wildman–Crippen MR) is 44.5 cm³/mol. The molecular weight excluding hydrogens is 138 g/mol. The average Bonchev–Trinajstić information content (AvgIpc) is 2.50. The number of fused-ring (bicyclic) bond motifs is 1. The minimum absolute atomic E-state index is 0.545. The lowest BCUT2D eigenvalue weighted by Crippen LogP contribution is -2.38. The Labute approximate surface area is 68.3 Å². The van der Waals surface area contributed by atoms with Gasteiger partial charge in [0.2, 0.25) is 0 Å². The van der Waals surface area contributed by atoms with Crippen molar-refractivity contribution < 1.29 is 4.74 Å². The third kappa shape index (κ3) is 1.30. The Kier molecular flexibility index (Phi) is 2.14. The van der Waals surface area contributed by atoms with Crippen LogP contribution in [0.2, 0.25) is 0 Å². The maximum atomic E-state index is 5.47. The first-order chi connectivity index (χ1) is 5.42. The Morgan fingerprint density at radius 2 is 2.18 bits per heavy atom. The molecule has 1 aliphatic heterocycles. The van der Waals surface area contributed by atoms with E-state index in [-0.39, 0.29) is 0 Å². The second-order valence-electron chi connectivity index (χ2n) is 3.72. The highest BCUT2D eigenvalue weighted by Crippen LogP contribution is 2.32. The van der Waals surface area contributed by atoms with Crippen LogP contribution in [-0.4, -0.2) is 25.8 Å². The number of nitrogens with one attached hydrogen (secondary N) is 1. The van der Waals surface area contributed by atoms with E-state index in [1.165, 1.54) is 32.2 Å². The van der Waals surface area contributed by atoms with Crippen molar-refractivity contribution in [3.8, 4) is 0 Å². The van der Waals surface area contributed by atoms with Gasteiger partial charge in [0, 0.05) is 19.1 Å². The molecule has 0 bridgehead atoms. The quantitative estimate of drug-likeness (QED) is 0.613. The van der Waals surface area contributed by atoms with Gasteiger partial charge in [-0.25, -0.2) is 0 Å². The lowest BCUT2D eigenvalue weighted by atomic mass is 9.83. The molecule has 2 rings (SSSR count). The largest absolute Gasteiger partial charge is 0.381 e. The molecule has 0 aromatic heterocycles. The molecule has 2 fully saturated rings. The first-order valence-electron chi connectivity index (χ1n) is 4.68. The Balaban J connectivity index is 2.00. The highest BCUT2D eigenvalue weighted by Gasteiger charge is 2.36. The molecule has 1 N–H and O–H groups in total. The molecule has 64 valence electrons. The van der Waals surface area contributed by atoms with Gasteiger partial charge in [-0.05, 0) is 32.2 Å². The molecule has 0 spiro atoms. The molecule has 3 atom stereocenters. The van der Waals surface area contributed by atoms with Crippen LogP contribution in [0.5, 0.6) is 0 Å². The van der Waals surface area contributed by atoms with E-state index in [2.05, 4.69) is 5.32 Å². The fourth-order valence-corrected chi connectivity index (χ4v) is 2.59. The van der Waals surface area contributed by atoms with Crippen molar-refractivity contribution in [2.75, 3.05) is 13.7 Å². The van der Waals surface area contributed by atoms with Crippen molar-refractivity contribution >= 4 is 0 Å². The topological polar surface area (TPSA) is 21.3 Å². The number of ether oxygens (including phenoxy) is 1. The van der Waals surface area contributed by atoms with Crippen molar-refractivity contribution in [2.24, 2.45) is 5.92 Å². The van der Waals surface area contributed by atoms with Crippen LogP contribution >= 0.6 is 0 Å². The van der Waals surface area contributed by atoms with E-state index >= 15 is 0 Å². The minimum Gasteiger partial charge on any atom is -0.381 e. The van der Waals surface area contributed by atoms with Gasteiger partial charge in [0.05, 0.1) is 6.10 Å². The molecule has 0 aromatic carbocycles. The molecule has 0 amide bonds. The highest BCUT2D eigenvalue weighted by atomic mass is 16.5. The average molecular weight is 155 g/mol. The fourth-order valence-electron chi connectivity index (χ4n) is 2.59. The predicted octanol–water partition coefficient (Wildman–Crippen LogP) is 1.16. The Bertz CT molecular complexity index is 138. The summed E-state index contributed by atoms with van der Waals surface area (Å²) in [6.07, 6.45) is 5.85. The summed E-state index contributed by atoms with van der Waals surface area (Å²) < 4.78 is 5.47. The highest BCUT2D eigenvalue weighted by molar-refractivity contribution is 4.92. The molecule has 1 heterocycles. The molecule has 0 aromatic rings. The van der Waals surface area contributed by atoms with E-state index in [0.29, 0.717) is 6.10 Å². The number of hydrogen-bond acceptors (Lipinski definition) is 2. The molecule has 11 heavy (non-hydrogen) atoms. The van der Waals surface area contributed by atoms with Crippen molar-refractivity contribution in [1.29, 1.82) is 0 Å². The van der Waals surface area contributed by atoms with Crippen molar-refractivity contribution in [1.82, 2.24) is 5.32 Å². The number of methoxy groups -OCH3 is 1. The van der Waals surface area contributed by atoms with Crippen LogP contribution in [0, 0.1) is 5.92 Å². The number of hydrogen-bond donors (Lipinski definition) is 1. The van der Waals surface area contributed by atoms with Crippen molar-refractivity contribution in [3.05, 3.63) is 0 Å². The smallest absolute Gasteiger partial charge is 0.0614 e. The Hall–Kier alpha value is -0.0800. The summed E-state index contributed by atoms with van der Waals surface area (Å²) in [5.74, 6) is 0.814. The van der Waals surface area contributed by atoms with E-state index in [9.17, 15) is 0 Å². The maximum absolute atomic E-state index is 5.47. The van der Waals surface area contributed by atoms with E-state index in [0.717, 1.165) is 12.0 Å². The normalized spacial score (nSPS) is 43.9. The van der Waals surface area contributed by atoms with Crippen molar-refractivity contribution in [3.63, 3.8) is 0 Å². The van der Waals surface area contributed by atoms with Crippen LogP contribution in [0.15, 0.2) is 0 Å². The second kappa shape index (κ2) is 3.11. The van der Waals surface area contributed by atoms with Gasteiger partial charge < -0.3 is 10.1 Å². The summed E-state index contributed by atoms with van der Waals surface area (Å²) in [7, 11) is 1.85. The van der Waals surface area contributed by atoms with Crippen molar-refractivity contribution in [2.45, 2.75) is 37.8 Å². The van der Waals surface area contributed by atoms with Crippen LogP contribution in [0.3, 0.4) is 0 Å². The molecule has 1 saturated heterocycles. The van der Waals surface area contributed by atoms with Gasteiger partial charge in [-0.3, -0.25) is 0 Å². The minimum atomic E-state index is 0.545. The first-order valence-corrected chi connectivity index (χ1v) is 4.68. The summed E-state index contributed by atoms with van der Waals surface area (Å²) in [4.78, 5) is 0. The molecule has 2 heteroatoms. The molecule has 0 radical (unpaired) electrons. The molecular formula is C9H17NO. The second-order valence-corrected chi connectivity index (χ2v) is 3.72. The van der Waals surface area contributed by atoms with Crippen LogP contribution in [-0.2, 0) is 4.74 Å². The Morgan fingerprint density at radius 3 is 3.00 bits per heavy atom. The maximum Gasteiger partial charge on any atom is 0.0614 e. The van der Waals surface area contributed by atoms with Gasteiger partial charge in [-0.15, -0.1) is 0 Å². The van der Waals surface area contributed by atoms with E-state index in [4.69, 9.17) is 4.74 Å². The van der Waals surface area contributed by atoms with Gasteiger partial charge in [-0.1, -0.05) is 0 Å². The van der Waals surface area contributed by atoms with Crippen LogP contribution < -0.4 is 5.32 Å². The van der Waals surface area contributed by atoms with Gasteiger partial charge in [-0.2, -0.15) is 0 Å². The lowest BCUT2D eigenvalue weighted by Gasteiger charge is -2.32. The van der Waals surface area contributed by atoms with E-state index < -0.39 is 0 Å². The van der Waals surface area contributed by atoms with Crippen LogP contribution in [0.1, 0.15) is 25.7 Å². The zero-order valence-corrected chi connectivity index (χ0v) is 7.18.